The van der Waals surface area contributed by atoms with Crippen molar-refractivity contribution in [2.45, 2.75) is 44.2 Å². The van der Waals surface area contributed by atoms with E-state index >= 15 is 0 Å². The highest BCUT2D eigenvalue weighted by atomic mass is 16.3. The molecule has 5 heteroatoms. The summed E-state index contributed by atoms with van der Waals surface area (Å²) in [5, 5.41) is 14.7. The van der Waals surface area contributed by atoms with Crippen molar-refractivity contribution in [3.8, 4) is 0 Å². The molecule has 0 bridgehead atoms. The molecule has 2 aliphatic heterocycles. The summed E-state index contributed by atoms with van der Waals surface area (Å²) in [7, 11) is 0. The number of nitrogens with one attached hydrogen (secondary N) is 2. The molecule has 5 nitrogen and oxygen atoms in total. The molecule has 0 saturated carbocycles. The highest BCUT2D eigenvalue weighted by molar-refractivity contribution is 5.81. The van der Waals surface area contributed by atoms with E-state index in [4.69, 9.17) is 0 Å². The van der Waals surface area contributed by atoms with Gasteiger partial charge in [-0.3, -0.25) is 4.90 Å². The molecule has 2 atom stereocenters. The second-order valence-electron chi connectivity index (χ2n) is 6.99. The Morgan fingerprint density at radius 1 is 1.30 bits per heavy atom. The van der Waals surface area contributed by atoms with Gasteiger partial charge in [-0.25, -0.2) is 4.98 Å². The lowest BCUT2D eigenvalue weighted by molar-refractivity contribution is 0.0668. The number of nitrogens with zero attached hydrogens (tertiary/aromatic N) is 2. The van der Waals surface area contributed by atoms with Crippen LogP contribution in [0.4, 0.5) is 0 Å². The Kier molecular flexibility index (Phi) is 4.33. The third kappa shape index (κ3) is 3.13. The summed E-state index contributed by atoms with van der Waals surface area (Å²) < 4.78 is 0. The molecule has 3 N–H and O–H groups in total. The lowest BCUT2D eigenvalue weighted by Crippen LogP contribution is -2.38. The summed E-state index contributed by atoms with van der Waals surface area (Å²) in [5.74, 6) is 0.544. The van der Waals surface area contributed by atoms with Gasteiger partial charge in [0.05, 0.1) is 6.10 Å². The lowest BCUT2D eigenvalue weighted by Gasteiger charge is -2.31. The molecule has 0 radical (unpaired) electrons. The first-order chi connectivity index (χ1) is 11.3. The molecule has 0 aliphatic carbocycles. The van der Waals surface area contributed by atoms with Crippen molar-refractivity contribution in [3.05, 3.63) is 29.6 Å². The molecule has 2 aromatic heterocycles. The Morgan fingerprint density at radius 2 is 2.26 bits per heavy atom. The van der Waals surface area contributed by atoms with Gasteiger partial charge in [0.2, 0.25) is 0 Å². The van der Waals surface area contributed by atoms with E-state index in [1.807, 2.05) is 12.3 Å². The van der Waals surface area contributed by atoms with Crippen LogP contribution in [0.1, 0.15) is 42.9 Å². The van der Waals surface area contributed by atoms with Crippen molar-refractivity contribution in [2.75, 3.05) is 26.2 Å². The molecule has 2 aromatic rings. The van der Waals surface area contributed by atoms with E-state index in [0.29, 0.717) is 5.92 Å². The van der Waals surface area contributed by atoms with E-state index in [1.165, 1.54) is 29.5 Å². The van der Waals surface area contributed by atoms with Crippen LogP contribution in [-0.2, 0) is 6.54 Å². The number of hydrogen-bond donors (Lipinski definition) is 3. The number of fused-ring (bicyclic) bond motifs is 1. The molecule has 2 fully saturated rings. The topological polar surface area (TPSA) is 64.2 Å². The molecule has 4 heterocycles. The number of aromatic nitrogens is 2. The van der Waals surface area contributed by atoms with E-state index in [-0.39, 0.29) is 6.10 Å². The third-order valence-corrected chi connectivity index (χ3v) is 5.28. The molecule has 2 aliphatic rings. The van der Waals surface area contributed by atoms with Gasteiger partial charge in [0.1, 0.15) is 5.65 Å². The molecule has 0 aromatic carbocycles. The van der Waals surface area contributed by atoms with Crippen LogP contribution in [0.15, 0.2) is 18.3 Å². The van der Waals surface area contributed by atoms with Crippen LogP contribution >= 0.6 is 0 Å². The number of aliphatic hydroxyl groups excluding tert-OH is 1. The summed E-state index contributed by atoms with van der Waals surface area (Å²) in [4.78, 5) is 10.5. The Labute approximate surface area is 137 Å². The summed E-state index contributed by atoms with van der Waals surface area (Å²) in [5.41, 5.74) is 3.74. The fourth-order valence-corrected chi connectivity index (χ4v) is 4.11. The van der Waals surface area contributed by atoms with Crippen molar-refractivity contribution < 1.29 is 5.11 Å². The molecule has 2 saturated heterocycles. The second kappa shape index (κ2) is 6.59. The maximum Gasteiger partial charge on any atom is 0.137 e. The van der Waals surface area contributed by atoms with Crippen molar-refractivity contribution in [1.29, 1.82) is 0 Å². The Morgan fingerprint density at radius 3 is 3.09 bits per heavy atom. The molecule has 23 heavy (non-hydrogen) atoms. The van der Waals surface area contributed by atoms with Crippen molar-refractivity contribution in [2.24, 2.45) is 0 Å². The molecule has 2 unspecified atom stereocenters. The smallest absolute Gasteiger partial charge is 0.137 e. The quantitative estimate of drug-likeness (QED) is 0.811. The Balaban J connectivity index is 1.67. The number of β-amino-alcohol motifs (C(OH)–C–C–N with tert-alkyl or cyclic N) is 1. The highest BCUT2D eigenvalue weighted by Gasteiger charge is 2.25. The van der Waals surface area contributed by atoms with E-state index in [2.05, 4.69) is 26.3 Å². The second-order valence-corrected chi connectivity index (χ2v) is 6.99. The largest absolute Gasteiger partial charge is 0.392 e. The van der Waals surface area contributed by atoms with Crippen molar-refractivity contribution in [1.82, 2.24) is 20.2 Å². The number of aliphatic hydroxyl groups is 1. The third-order valence-electron chi connectivity index (χ3n) is 5.28. The number of rotatable bonds is 3. The molecule has 0 amide bonds. The van der Waals surface area contributed by atoms with Gasteiger partial charge in [-0.1, -0.05) is 0 Å². The maximum absolute atomic E-state index is 9.97. The summed E-state index contributed by atoms with van der Waals surface area (Å²) >= 11 is 0. The van der Waals surface area contributed by atoms with Crippen LogP contribution in [-0.4, -0.2) is 52.3 Å². The van der Waals surface area contributed by atoms with E-state index in [1.54, 1.807) is 0 Å². The van der Waals surface area contributed by atoms with E-state index < -0.39 is 0 Å². The first kappa shape index (κ1) is 15.1. The number of pyridine rings is 1. The average Bonchev–Trinajstić information content (AvgIpc) is 2.95. The van der Waals surface area contributed by atoms with Gasteiger partial charge >= 0.3 is 0 Å². The number of likely N-dealkylation sites (tertiary alicyclic amines) is 1. The van der Waals surface area contributed by atoms with Crippen LogP contribution in [0.2, 0.25) is 0 Å². The minimum atomic E-state index is -0.174. The molecule has 4 rings (SSSR count). The molecule has 124 valence electrons. The SMILES string of the molecule is OC1CCCN(Cc2c(C3CCCNC3)[nH]c3ncccc23)C1. The average molecular weight is 314 g/mol. The van der Waals surface area contributed by atoms with Crippen LogP contribution in [0.5, 0.6) is 0 Å². The minimum Gasteiger partial charge on any atom is -0.392 e. The Hall–Kier alpha value is -1.43. The zero-order valence-electron chi connectivity index (χ0n) is 13.6. The van der Waals surface area contributed by atoms with E-state index in [9.17, 15) is 5.11 Å². The van der Waals surface area contributed by atoms with Gasteiger partial charge in [0.15, 0.2) is 0 Å². The Bertz CT molecular complexity index is 662. The van der Waals surface area contributed by atoms with E-state index in [0.717, 1.165) is 51.2 Å². The number of aromatic amines is 1. The zero-order chi connectivity index (χ0) is 15.6. The van der Waals surface area contributed by atoms with Crippen molar-refractivity contribution in [3.63, 3.8) is 0 Å². The number of piperidine rings is 2. The van der Waals surface area contributed by atoms with Gasteiger partial charge in [-0.05, 0) is 56.5 Å². The highest BCUT2D eigenvalue weighted by Crippen LogP contribution is 2.32. The lowest BCUT2D eigenvalue weighted by atomic mass is 9.92. The molecular formula is C18H26N4O. The van der Waals surface area contributed by atoms with Gasteiger partial charge < -0.3 is 15.4 Å². The fraction of sp³-hybridized carbons (Fsp3) is 0.611. The van der Waals surface area contributed by atoms with Gasteiger partial charge in [-0.2, -0.15) is 0 Å². The predicted octanol–water partition coefficient (Wildman–Crippen LogP) is 1.99. The van der Waals surface area contributed by atoms with Crippen LogP contribution in [0, 0.1) is 0 Å². The minimum absolute atomic E-state index is 0.174. The first-order valence-electron chi connectivity index (χ1n) is 8.88. The fourth-order valence-electron chi connectivity index (χ4n) is 4.11. The van der Waals surface area contributed by atoms with Crippen LogP contribution < -0.4 is 5.32 Å². The molecule has 0 spiro atoms. The van der Waals surface area contributed by atoms with Crippen LogP contribution in [0.25, 0.3) is 11.0 Å². The summed E-state index contributed by atoms with van der Waals surface area (Å²) in [6.07, 6.45) is 6.17. The summed E-state index contributed by atoms with van der Waals surface area (Å²) in [6.45, 7) is 4.95. The standard InChI is InChI=1S/C18H26N4O/c23-14-5-3-9-22(11-14)12-16-15-6-2-8-20-18(15)21-17(16)13-4-1-7-19-10-13/h2,6,8,13-14,19,23H,1,3-5,7,9-12H2,(H,20,21). The summed E-state index contributed by atoms with van der Waals surface area (Å²) in [6, 6.07) is 4.20. The normalized spacial score (nSPS) is 26.7. The number of hydrogen-bond acceptors (Lipinski definition) is 4. The molecular weight excluding hydrogens is 288 g/mol. The van der Waals surface area contributed by atoms with Crippen LogP contribution in [0.3, 0.4) is 0 Å². The van der Waals surface area contributed by atoms with Gasteiger partial charge in [-0.15, -0.1) is 0 Å². The van der Waals surface area contributed by atoms with Gasteiger partial charge in [0, 0.05) is 42.8 Å². The monoisotopic (exact) mass is 314 g/mol. The predicted molar refractivity (Wildman–Crippen MR) is 91.5 cm³/mol. The zero-order valence-corrected chi connectivity index (χ0v) is 13.6. The number of H-pyrrole nitrogens is 1. The van der Waals surface area contributed by atoms with Gasteiger partial charge in [0.25, 0.3) is 0 Å². The first-order valence-corrected chi connectivity index (χ1v) is 8.88. The maximum atomic E-state index is 9.97. The van der Waals surface area contributed by atoms with Crippen molar-refractivity contribution >= 4 is 11.0 Å².